The standard InChI is InChI=1S/C16H25NO2/c1-5-19-16-10-13(6-7-15(16)18-4)17-14-8-12(9-14)11(2)3/h6-7,10-12,14,17H,5,8-9H2,1-4H3. The van der Waals surface area contributed by atoms with Crippen molar-refractivity contribution in [3.05, 3.63) is 18.2 Å². The second-order valence-electron chi connectivity index (χ2n) is 5.62. The fourth-order valence-electron chi connectivity index (χ4n) is 2.59. The first-order chi connectivity index (χ1) is 9.13. The lowest BCUT2D eigenvalue weighted by Crippen LogP contribution is -2.37. The summed E-state index contributed by atoms with van der Waals surface area (Å²) < 4.78 is 10.9. The number of hydrogen-bond acceptors (Lipinski definition) is 3. The molecule has 0 amide bonds. The molecule has 1 aromatic rings. The predicted molar refractivity (Wildman–Crippen MR) is 79.1 cm³/mol. The van der Waals surface area contributed by atoms with E-state index in [0.717, 1.165) is 29.0 Å². The van der Waals surface area contributed by atoms with Gasteiger partial charge in [0.2, 0.25) is 0 Å². The molecule has 3 heteroatoms. The maximum atomic E-state index is 5.60. The van der Waals surface area contributed by atoms with Crippen LogP contribution >= 0.6 is 0 Å². The third kappa shape index (κ3) is 3.34. The van der Waals surface area contributed by atoms with E-state index in [2.05, 4.69) is 25.2 Å². The number of methoxy groups -OCH3 is 1. The molecule has 0 atom stereocenters. The van der Waals surface area contributed by atoms with Crippen LogP contribution < -0.4 is 14.8 Å². The Kier molecular flexibility index (Phi) is 4.56. The van der Waals surface area contributed by atoms with Crippen LogP contribution in [-0.2, 0) is 0 Å². The molecule has 2 rings (SSSR count). The van der Waals surface area contributed by atoms with Crippen LogP contribution in [0, 0.1) is 11.8 Å². The number of hydrogen-bond donors (Lipinski definition) is 1. The zero-order valence-corrected chi connectivity index (χ0v) is 12.4. The molecule has 1 fully saturated rings. The van der Waals surface area contributed by atoms with E-state index < -0.39 is 0 Å². The topological polar surface area (TPSA) is 30.5 Å². The van der Waals surface area contributed by atoms with Gasteiger partial charge in [-0.25, -0.2) is 0 Å². The molecular formula is C16H25NO2. The Bertz CT molecular complexity index is 411. The van der Waals surface area contributed by atoms with Gasteiger partial charge in [-0.1, -0.05) is 13.8 Å². The molecule has 0 unspecified atom stereocenters. The zero-order chi connectivity index (χ0) is 13.8. The Morgan fingerprint density at radius 3 is 2.58 bits per heavy atom. The summed E-state index contributed by atoms with van der Waals surface area (Å²) in [6.45, 7) is 7.25. The first kappa shape index (κ1) is 14.0. The Morgan fingerprint density at radius 2 is 2.00 bits per heavy atom. The van der Waals surface area contributed by atoms with Gasteiger partial charge in [-0.05, 0) is 43.7 Å². The molecule has 0 aliphatic heterocycles. The Balaban J connectivity index is 1.96. The maximum Gasteiger partial charge on any atom is 0.163 e. The summed E-state index contributed by atoms with van der Waals surface area (Å²) in [6.07, 6.45) is 2.54. The lowest BCUT2D eigenvalue weighted by molar-refractivity contribution is 0.212. The average molecular weight is 263 g/mol. The van der Waals surface area contributed by atoms with E-state index in [-0.39, 0.29) is 0 Å². The summed E-state index contributed by atoms with van der Waals surface area (Å²) in [6, 6.07) is 6.66. The lowest BCUT2D eigenvalue weighted by Gasteiger charge is -2.39. The summed E-state index contributed by atoms with van der Waals surface area (Å²) in [4.78, 5) is 0. The normalized spacial score (nSPS) is 21.9. The van der Waals surface area contributed by atoms with Gasteiger partial charge in [-0.15, -0.1) is 0 Å². The molecule has 1 aliphatic rings. The molecule has 0 spiro atoms. The van der Waals surface area contributed by atoms with Crippen molar-refractivity contribution in [2.24, 2.45) is 11.8 Å². The SMILES string of the molecule is CCOc1cc(NC2CC(C(C)C)C2)ccc1OC. The van der Waals surface area contributed by atoms with Crippen LogP contribution in [0.4, 0.5) is 5.69 Å². The smallest absolute Gasteiger partial charge is 0.163 e. The van der Waals surface area contributed by atoms with Gasteiger partial charge in [0.25, 0.3) is 0 Å². The summed E-state index contributed by atoms with van der Waals surface area (Å²) in [5.74, 6) is 3.28. The lowest BCUT2D eigenvalue weighted by atomic mass is 9.73. The fraction of sp³-hybridized carbons (Fsp3) is 0.625. The maximum absolute atomic E-state index is 5.60. The molecule has 3 nitrogen and oxygen atoms in total. The van der Waals surface area contributed by atoms with Gasteiger partial charge in [0.05, 0.1) is 13.7 Å². The number of ether oxygens (including phenoxy) is 2. The van der Waals surface area contributed by atoms with E-state index in [9.17, 15) is 0 Å². The first-order valence-electron chi connectivity index (χ1n) is 7.21. The molecule has 1 N–H and O–H groups in total. The van der Waals surface area contributed by atoms with E-state index in [1.807, 2.05) is 19.1 Å². The third-order valence-electron chi connectivity index (χ3n) is 3.95. The minimum atomic E-state index is 0.607. The Morgan fingerprint density at radius 1 is 1.26 bits per heavy atom. The third-order valence-corrected chi connectivity index (χ3v) is 3.95. The van der Waals surface area contributed by atoms with E-state index in [1.165, 1.54) is 12.8 Å². The van der Waals surface area contributed by atoms with Crippen molar-refractivity contribution >= 4 is 5.69 Å². The van der Waals surface area contributed by atoms with Crippen LogP contribution in [0.15, 0.2) is 18.2 Å². The van der Waals surface area contributed by atoms with Gasteiger partial charge in [0, 0.05) is 17.8 Å². The molecular weight excluding hydrogens is 238 g/mol. The Labute approximate surface area is 116 Å². The van der Waals surface area contributed by atoms with Crippen molar-refractivity contribution in [3.8, 4) is 11.5 Å². The van der Waals surface area contributed by atoms with Gasteiger partial charge in [0.15, 0.2) is 11.5 Å². The van der Waals surface area contributed by atoms with E-state index in [4.69, 9.17) is 9.47 Å². The number of nitrogens with one attached hydrogen (secondary N) is 1. The van der Waals surface area contributed by atoms with Crippen molar-refractivity contribution in [1.82, 2.24) is 0 Å². The first-order valence-corrected chi connectivity index (χ1v) is 7.21. The predicted octanol–water partition coefficient (Wildman–Crippen LogP) is 3.94. The quantitative estimate of drug-likeness (QED) is 0.843. The Hall–Kier alpha value is -1.38. The largest absolute Gasteiger partial charge is 0.493 e. The molecule has 0 saturated heterocycles. The zero-order valence-electron chi connectivity index (χ0n) is 12.4. The molecule has 1 aliphatic carbocycles. The summed E-state index contributed by atoms with van der Waals surface area (Å²) in [5, 5.41) is 3.58. The average Bonchev–Trinajstić information content (AvgIpc) is 2.33. The second-order valence-corrected chi connectivity index (χ2v) is 5.62. The minimum absolute atomic E-state index is 0.607. The molecule has 0 bridgehead atoms. The highest BCUT2D eigenvalue weighted by Crippen LogP contribution is 2.37. The minimum Gasteiger partial charge on any atom is -0.493 e. The molecule has 19 heavy (non-hydrogen) atoms. The second kappa shape index (κ2) is 6.18. The van der Waals surface area contributed by atoms with Crippen molar-refractivity contribution in [2.45, 2.75) is 39.7 Å². The van der Waals surface area contributed by atoms with Crippen molar-refractivity contribution in [3.63, 3.8) is 0 Å². The molecule has 0 aromatic heterocycles. The highest BCUT2D eigenvalue weighted by atomic mass is 16.5. The highest BCUT2D eigenvalue weighted by molar-refractivity contribution is 5.55. The van der Waals surface area contributed by atoms with Crippen molar-refractivity contribution in [2.75, 3.05) is 19.0 Å². The van der Waals surface area contributed by atoms with E-state index >= 15 is 0 Å². The highest BCUT2D eigenvalue weighted by Gasteiger charge is 2.30. The van der Waals surface area contributed by atoms with Crippen LogP contribution in [0.5, 0.6) is 11.5 Å². The van der Waals surface area contributed by atoms with Crippen LogP contribution in [0.25, 0.3) is 0 Å². The number of rotatable bonds is 6. The van der Waals surface area contributed by atoms with Gasteiger partial charge in [0.1, 0.15) is 0 Å². The van der Waals surface area contributed by atoms with Gasteiger partial charge in [-0.3, -0.25) is 0 Å². The summed E-state index contributed by atoms with van der Waals surface area (Å²) in [5.41, 5.74) is 1.12. The molecule has 106 valence electrons. The van der Waals surface area contributed by atoms with Crippen LogP contribution in [-0.4, -0.2) is 19.8 Å². The van der Waals surface area contributed by atoms with E-state index in [0.29, 0.717) is 12.6 Å². The molecule has 1 aromatic carbocycles. The molecule has 1 saturated carbocycles. The van der Waals surface area contributed by atoms with Gasteiger partial charge < -0.3 is 14.8 Å². The van der Waals surface area contributed by atoms with Crippen molar-refractivity contribution in [1.29, 1.82) is 0 Å². The van der Waals surface area contributed by atoms with E-state index in [1.54, 1.807) is 7.11 Å². The summed E-state index contributed by atoms with van der Waals surface area (Å²) >= 11 is 0. The van der Waals surface area contributed by atoms with Gasteiger partial charge >= 0.3 is 0 Å². The van der Waals surface area contributed by atoms with Crippen LogP contribution in [0.2, 0.25) is 0 Å². The van der Waals surface area contributed by atoms with Crippen molar-refractivity contribution < 1.29 is 9.47 Å². The number of anilines is 1. The van der Waals surface area contributed by atoms with Crippen LogP contribution in [0.1, 0.15) is 33.6 Å². The molecule has 0 heterocycles. The summed E-state index contributed by atoms with van der Waals surface area (Å²) in [7, 11) is 1.67. The fourth-order valence-corrected chi connectivity index (χ4v) is 2.59. The van der Waals surface area contributed by atoms with Crippen LogP contribution in [0.3, 0.4) is 0 Å². The molecule has 0 radical (unpaired) electrons. The number of benzene rings is 1. The van der Waals surface area contributed by atoms with Gasteiger partial charge in [-0.2, -0.15) is 0 Å². The monoisotopic (exact) mass is 263 g/mol.